The highest BCUT2D eigenvalue weighted by atomic mass is 16.3. The molecular formula is C15H17NO4. The van der Waals surface area contributed by atoms with Crippen LogP contribution in [-0.4, -0.2) is 16.1 Å². The van der Waals surface area contributed by atoms with Crippen molar-refractivity contribution in [1.82, 2.24) is 5.32 Å². The summed E-state index contributed by atoms with van der Waals surface area (Å²) < 4.78 is 5.14. The van der Waals surface area contributed by atoms with Gasteiger partial charge in [0, 0.05) is 5.92 Å². The number of hydrogen-bond acceptors (Lipinski definition) is 4. The second-order valence-electron chi connectivity index (χ2n) is 4.73. The lowest BCUT2D eigenvalue weighted by Gasteiger charge is -2.12. The Balaban J connectivity index is 1.88. The number of nitrogens with one attached hydrogen (secondary N) is 1. The molecule has 0 radical (unpaired) electrons. The number of aromatic hydroxyl groups is 2. The van der Waals surface area contributed by atoms with Crippen molar-refractivity contribution in [3.8, 4) is 11.5 Å². The van der Waals surface area contributed by atoms with Gasteiger partial charge in [-0.25, -0.2) is 0 Å². The SMILES string of the molecule is CC(Cc1ccc(O)c(O)c1)C(=O)NCc1ccco1. The zero-order chi connectivity index (χ0) is 14.5. The summed E-state index contributed by atoms with van der Waals surface area (Å²) in [6.45, 7) is 2.17. The number of phenolic OH excluding ortho intramolecular Hbond substituents is 2. The van der Waals surface area contributed by atoms with Crippen molar-refractivity contribution in [2.75, 3.05) is 0 Å². The molecule has 20 heavy (non-hydrogen) atoms. The highest BCUT2D eigenvalue weighted by Gasteiger charge is 2.14. The van der Waals surface area contributed by atoms with E-state index in [1.807, 2.05) is 0 Å². The number of hydrogen-bond donors (Lipinski definition) is 3. The fourth-order valence-corrected chi connectivity index (χ4v) is 1.90. The predicted molar refractivity (Wildman–Crippen MR) is 73.2 cm³/mol. The highest BCUT2D eigenvalue weighted by Crippen LogP contribution is 2.26. The molecule has 0 saturated heterocycles. The zero-order valence-corrected chi connectivity index (χ0v) is 11.2. The number of carbonyl (C=O) groups is 1. The molecule has 2 aromatic rings. The molecule has 0 aliphatic carbocycles. The van der Waals surface area contributed by atoms with E-state index in [2.05, 4.69) is 5.32 Å². The molecule has 1 amide bonds. The lowest BCUT2D eigenvalue weighted by atomic mass is 10.00. The maximum atomic E-state index is 11.9. The van der Waals surface area contributed by atoms with Crippen molar-refractivity contribution >= 4 is 5.91 Å². The lowest BCUT2D eigenvalue weighted by molar-refractivity contribution is -0.124. The van der Waals surface area contributed by atoms with Gasteiger partial charge in [0.1, 0.15) is 5.76 Å². The molecule has 5 heteroatoms. The van der Waals surface area contributed by atoms with Gasteiger partial charge in [-0.1, -0.05) is 13.0 Å². The van der Waals surface area contributed by atoms with E-state index in [4.69, 9.17) is 4.42 Å². The van der Waals surface area contributed by atoms with Crippen molar-refractivity contribution < 1.29 is 19.4 Å². The minimum Gasteiger partial charge on any atom is -0.504 e. The number of phenols is 2. The van der Waals surface area contributed by atoms with Crippen molar-refractivity contribution in [2.45, 2.75) is 19.9 Å². The molecule has 0 fully saturated rings. The number of rotatable bonds is 5. The Hall–Kier alpha value is -2.43. The largest absolute Gasteiger partial charge is 0.504 e. The van der Waals surface area contributed by atoms with E-state index in [-0.39, 0.29) is 23.3 Å². The third kappa shape index (κ3) is 3.54. The molecular weight excluding hydrogens is 258 g/mol. The summed E-state index contributed by atoms with van der Waals surface area (Å²) in [7, 11) is 0. The molecule has 2 rings (SSSR count). The van der Waals surface area contributed by atoms with Crippen molar-refractivity contribution in [3.05, 3.63) is 47.9 Å². The van der Waals surface area contributed by atoms with E-state index >= 15 is 0 Å². The highest BCUT2D eigenvalue weighted by molar-refractivity contribution is 5.78. The number of furan rings is 1. The Morgan fingerprint density at radius 2 is 2.10 bits per heavy atom. The van der Waals surface area contributed by atoms with Crippen LogP contribution in [0.5, 0.6) is 11.5 Å². The van der Waals surface area contributed by atoms with Gasteiger partial charge in [-0.3, -0.25) is 4.79 Å². The van der Waals surface area contributed by atoms with E-state index in [9.17, 15) is 15.0 Å². The van der Waals surface area contributed by atoms with E-state index in [1.165, 1.54) is 12.1 Å². The van der Waals surface area contributed by atoms with Crippen LogP contribution < -0.4 is 5.32 Å². The zero-order valence-electron chi connectivity index (χ0n) is 11.2. The summed E-state index contributed by atoms with van der Waals surface area (Å²) in [4.78, 5) is 11.9. The van der Waals surface area contributed by atoms with Gasteiger partial charge in [0.05, 0.1) is 12.8 Å². The Bertz CT molecular complexity index is 578. The number of benzene rings is 1. The molecule has 1 heterocycles. The second-order valence-corrected chi connectivity index (χ2v) is 4.73. The predicted octanol–water partition coefficient (Wildman–Crippen LogP) is 2.19. The minimum absolute atomic E-state index is 0.0889. The molecule has 0 spiro atoms. The summed E-state index contributed by atoms with van der Waals surface area (Å²) in [5.74, 6) is 0.0325. The smallest absolute Gasteiger partial charge is 0.223 e. The summed E-state index contributed by atoms with van der Waals surface area (Å²) in [5, 5.41) is 21.4. The monoisotopic (exact) mass is 275 g/mol. The first-order valence-electron chi connectivity index (χ1n) is 6.37. The molecule has 3 N–H and O–H groups in total. The van der Waals surface area contributed by atoms with Crippen LogP contribution in [0.2, 0.25) is 0 Å². The third-order valence-electron chi connectivity index (χ3n) is 3.05. The Morgan fingerprint density at radius 1 is 1.30 bits per heavy atom. The van der Waals surface area contributed by atoms with Crippen LogP contribution in [0.4, 0.5) is 0 Å². The molecule has 1 unspecified atom stereocenters. The quantitative estimate of drug-likeness (QED) is 0.730. The van der Waals surface area contributed by atoms with Crippen LogP contribution in [0.3, 0.4) is 0 Å². The summed E-state index contributed by atoms with van der Waals surface area (Å²) >= 11 is 0. The maximum Gasteiger partial charge on any atom is 0.223 e. The van der Waals surface area contributed by atoms with Gasteiger partial charge in [0.15, 0.2) is 11.5 Å². The lowest BCUT2D eigenvalue weighted by Crippen LogP contribution is -2.29. The van der Waals surface area contributed by atoms with E-state index in [1.54, 1.807) is 31.4 Å². The molecule has 1 aromatic heterocycles. The Morgan fingerprint density at radius 3 is 2.75 bits per heavy atom. The number of amides is 1. The van der Waals surface area contributed by atoms with Gasteiger partial charge < -0.3 is 19.9 Å². The van der Waals surface area contributed by atoms with Crippen LogP contribution in [0, 0.1) is 5.92 Å². The van der Waals surface area contributed by atoms with Gasteiger partial charge in [-0.05, 0) is 36.2 Å². The van der Waals surface area contributed by atoms with Gasteiger partial charge in [0.2, 0.25) is 5.91 Å². The molecule has 0 aliphatic rings. The first-order chi connectivity index (χ1) is 9.56. The van der Waals surface area contributed by atoms with Gasteiger partial charge >= 0.3 is 0 Å². The van der Waals surface area contributed by atoms with E-state index in [0.29, 0.717) is 18.7 Å². The molecule has 0 saturated carbocycles. The second kappa shape index (κ2) is 6.14. The molecule has 106 valence electrons. The summed E-state index contributed by atoms with van der Waals surface area (Å²) in [6.07, 6.45) is 2.04. The van der Waals surface area contributed by atoms with Crippen LogP contribution in [0.1, 0.15) is 18.2 Å². The molecule has 1 atom stereocenters. The first kappa shape index (κ1) is 14.0. The fourth-order valence-electron chi connectivity index (χ4n) is 1.90. The minimum atomic E-state index is -0.242. The van der Waals surface area contributed by atoms with E-state index in [0.717, 1.165) is 5.56 Å². The average Bonchev–Trinajstić information content (AvgIpc) is 2.93. The summed E-state index contributed by atoms with van der Waals surface area (Å²) in [5.41, 5.74) is 0.793. The van der Waals surface area contributed by atoms with Crippen LogP contribution in [-0.2, 0) is 17.8 Å². The van der Waals surface area contributed by atoms with Crippen LogP contribution in [0.15, 0.2) is 41.0 Å². The Labute approximate surface area is 116 Å². The Kier molecular flexibility index (Phi) is 4.30. The van der Waals surface area contributed by atoms with Gasteiger partial charge in [-0.15, -0.1) is 0 Å². The van der Waals surface area contributed by atoms with Crippen LogP contribution >= 0.6 is 0 Å². The molecule has 0 aliphatic heterocycles. The topological polar surface area (TPSA) is 82.7 Å². The first-order valence-corrected chi connectivity index (χ1v) is 6.37. The van der Waals surface area contributed by atoms with Crippen LogP contribution in [0.25, 0.3) is 0 Å². The normalized spacial score (nSPS) is 12.1. The fraction of sp³-hybridized carbons (Fsp3) is 0.267. The molecule has 5 nitrogen and oxygen atoms in total. The molecule has 0 bridgehead atoms. The average molecular weight is 275 g/mol. The van der Waals surface area contributed by atoms with Gasteiger partial charge in [-0.2, -0.15) is 0 Å². The third-order valence-corrected chi connectivity index (χ3v) is 3.05. The number of carbonyl (C=O) groups excluding carboxylic acids is 1. The summed E-state index contributed by atoms with van der Waals surface area (Å²) in [6, 6.07) is 8.13. The van der Waals surface area contributed by atoms with Crippen molar-refractivity contribution in [1.29, 1.82) is 0 Å². The molecule has 1 aromatic carbocycles. The standard InChI is InChI=1S/C15H17NO4/c1-10(7-11-4-5-13(17)14(18)8-11)15(19)16-9-12-3-2-6-20-12/h2-6,8,10,17-18H,7,9H2,1H3,(H,16,19). The van der Waals surface area contributed by atoms with E-state index < -0.39 is 0 Å². The van der Waals surface area contributed by atoms with Crippen molar-refractivity contribution in [2.24, 2.45) is 5.92 Å². The van der Waals surface area contributed by atoms with Gasteiger partial charge in [0.25, 0.3) is 0 Å². The van der Waals surface area contributed by atoms with Crippen molar-refractivity contribution in [3.63, 3.8) is 0 Å². The maximum absolute atomic E-state index is 11.9.